The van der Waals surface area contributed by atoms with Crippen molar-refractivity contribution in [1.82, 2.24) is 0 Å². The highest BCUT2D eigenvalue weighted by molar-refractivity contribution is 7.93. The zero-order valence-corrected chi connectivity index (χ0v) is 10.2. The lowest BCUT2D eigenvalue weighted by Crippen LogP contribution is -2.24. The first kappa shape index (κ1) is 10.9. The van der Waals surface area contributed by atoms with Crippen LogP contribution in [0.2, 0.25) is 0 Å². The summed E-state index contributed by atoms with van der Waals surface area (Å²) in [5, 5.41) is 2.28. The molecule has 1 aliphatic carbocycles. The second kappa shape index (κ2) is 4.59. The highest BCUT2D eigenvalue weighted by atomic mass is 32.2. The Labute approximate surface area is 105 Å². The van der Waals surface area contributed by atoms with E-state index in [4.69, 9.17) is 9.29 Å². The Balaban J connectivity index is 1.90. The summed E-state index contributed by atoms with van der Waals surface area (Å²) < 4.78 is 14.9. The summed E-state index contributed by atoms with van der Waals surface area (Å²) in [6, 6.07) is 12.0. The van der Waals surface area contributed by atoms with Crippen LogP contribution in [0.1, 0.15) is 19.3 Å². The maximum absolute atomic E-state index is 9.00. The first-order valence-electron chi connectivity index (χ1n) is 5.87. The van der Waals surface area contributed by atoms with Gasteiger partial charge in [-0.1, -0.05) is 12.1 Å². The third-order valence-corrected chi connectivity index (χ3v) is 3.71. The second-order valence-corrected chi connectivity index (χ2v) is 5.09. The molecule has 17 heavy (non-hydrogen) atoms. The van der Waals surface area contributed by atoms with Crippen molar-refractivity contribution in [2.75, 3.05) is 0 Å². The number of benzene rings is 2. The summed E-state index contributed by atoms with van der Waals surface area (Å²) in [6.07, 6.45) is 4.06. The molecule has 0 saturated heterocycles. The van der Waals surface area contributed by atoms with Gasteiger partial charge in [-0.3, -0.25) is 0 Å². The van der Waals surface area contributed by atoms with Gasteiger partial charge in [0, 0.05) is 16.9 Å². The molecule has 0 atom stereocenters. The lowest BCUT2D eigenvalue weighted by atomic mass is 9.96. The van der Waals surface area contributed by atoms with Gasteiger partial charge in [0.15, 0.2) is 0 Å². The average molecular weight is 246 g/mol. The third-order valence-electron chi connectivity index (χ3n) is 3.24. The van der Waals surface area contributed by atoms with Crippen molar-refractivity contribution < 1.29 is 9.29 Å². The Morgan fingerprint density at radius 3 is 2.53 bits per heavy atom. The minimum absolute atomic E-state index is 0.416. The fourth-order valence-corrected chi connectivity index (χ4v) is 2.32. The van der Waals surface area contributed by atoms with E-state index in [2.05, 4.69) is 6.07 Å². The lowest BCUT2D eigenvalue weighted by Gasteiger charge is -2.26. The first-order valence-corrected chi connectivity index (χ1v) is 6.64. The van der Waals surface area contributed by atoms with Gasteiger partial charge in [0.1, 0.15) is 5.75 Å². The predicted molar refractivity (Wildman–Crippen MR) is 70.7 cm³/mol. The van der Waals surface area contributed by atoms with Crippen molar-refractivity contribution in [3.63, 3.8) is 0 Å². The van der Waals surface area contributed by atoms with Gasteiger partial charge in [-0.15, -0.1) is 0 Å². The lowest BCUT2D eigenvalue weighted by molar-refractivity contribution is 0.120. The molecule has 3 heteroatoms. The van der Waals surface area contributed by atoms with E-state index in [0.717, 1.165) is 33.5 Å². The Morgan fingerprint density at radius 2 is 1.82 bits per heavy atom. The molecule has 0 bridgehead atoms. The molecule has 1 N–H and O–H groups in total. The third kappa shape index (κ3) is 2.26. The van der Waals surface area contributed by atoms with Gasteiger partial charge in [0.25, 0.3) is 0 Å². The summed E-state index contributed by atoms with van der Waals surface area (Å²) in [5.41, 5.74) is 0. The van der Waals surface area contributed by atoms with Crippen LogP contribution in [-0.4, -0.2) is 10.7 Å². The van der Waals surface area contributed by atoms with Gasteiger partial charge in [-0.25, -0.2) is 0 Å². The Kier molecular flexibility index (Phi) is 2.95. The van der Waals surface area contributed by atoms with E-state index in [-0.39, 0.29) is 0 Å². The molecule has 0 amide bonds. The quantitative estimate of drug-likeness (QED) is 0.817. The molecule has 0 aromatic heterocycles. The molecular formula is C14H14O2S. The largest absolute Gasteiger partial charge is 0.490 e. The zero-order chi connectivity index (χ0) is 11.7. The van der Waals surface area contributed by atoms with Crippen LogP contribution in [0.25, 0.3) is 10.8 Å². The molecule has 0 spiro atoms. The standard InChI is InChI=1S/C14H14O2S/c15-17-14-7-5-10-8-13(6-4-11(10)9-14)16-12-2-1-3-12/h4-9,12,15H,1-3H2. The Hall–Kier alpha value is -1.19. The molecule has 1 fully saturated rings. The summed E-state index contributed by atoms with van der Waals surface area (Å²) in [5.74, 6) is 0.951. The molecule has 2 aromatic rings. The van der Waals surface area contributed by atoms with Crippen LogP contribution in [0, 0.1) is 0 Å². The van der Waals surface area contributed by atoms with Crippen LogP contribution in [-0.2, 0) is 0 Å². The monoisotopic (exact) mass is 246 g/mol. The first-order chi connectivity index (χ1) is 8.35. The van der Waals surface area contributed by atoms with E-state index in [1.54, 1.807) is 0 Å². The maximum atomic E-state index is 9.00. The predicted octanol–water partition coefficient (Wildman–Crippen LogP) is 4.34. The molecular weight excluding hydrogens is 232 g/mol. The summed E-state index contributed by atoms with van der Waals surface area (Å²) in [4.78, 5) is 0.866. The van der Waals surface area contributed by atoms with Gasteiger partial charge in [0.2, 0.25) is 0 Å². The topological polar surface area (TPSA) is 29.5 Å². The van der Waals surface area contributed by atoms with Crippen LogP contribution < -0.4 is 4.74 Å². The van der Waals surface area contributed by atoms with Crippen LogP contribution in [0.5, 0.6) is 5.75 Å². The Morgan fingerprint density at radius 1 is 1.06 bits per heavy atom. The highest BCUT2D eigenvalue weighted by Gasteiger charge is 2.18. The minimum Gasteiger partial charge on any atom is -0.490 e. The number of rotatable bonds is 3. The SMILES string of the molecule is OSc1ccc2cc(OC3CCC3)ccc2c1. The molecule has 3 rings (SSSR count). The molecule has 1 saturated carbocycles. The van der Waals surface area contributed by atoms with Crippen molar-refractivity contribution >= 4 is 22.8 Å². The number of hydrogen-bond donors (Lipinski definition) is 1. The fraction of sp³-hybridized carbons (Fsp3) is 0.286. The molecule has 0 aliphatic heterocycles. The van der Waals surface area contributed by atoms with E-state index >= 15 is 0 Å². The van der Waals surface area contributed by atoms with Gasteiger partial charge < -0.3 is 9.29 Å². The van der Waals surface area contributed by atoms with Gasteiger partial charge in [-0.05, 0) is 54.3 Å². The molecule has 2 nitrogen and oxygen atoms in total. The average Bonchev–Trinajstić information content (AvgIpc) is 2.33. The molecule has 0 heterocycles. The summed E-state index contributed by atoms with van der Waals surface area (Å²) >= 11 is 0.780. The van der Waals surface area contributed by atoms with E-state index < -0.39 is 0 Å². The van der Waals surface area contributed by atoms with Crippen LogP contribution >= 0.6 is 12.0 Å². The second-order valence-electron chi connectivity index (χ2n) is 4.43. The van der Waals surface area contributed by atoms with E-state index in [1.807, 2.05) is 30.3 Å². The van der Waals surface area contributed by atoms with Gasteiger partial charge >= 0.3 is 0 Å². The van der Waals surface area contributed by atoms with E-state index in [1.165, 1.54) is 19.3 Å². The normalized spacial score (nSPS) is 15.8. The number of hydrogen-bond acceptors (Lipinski definition) is 3. The summed E-state index contributed by atoms with van der Waals surface area (Å²) in [7, 11) is 0. The van der Waals surface area contributed by atoms with Crippen molar-refractivity contribution in [3.8, 4) is 5.75 Å². The van der Waals surface area contributed by atoms with Gasteiger partial charge in [0.05, 0.1) is 6.10 Å². The van der Waals surface area contributed by atoms with E-state index in [9.17, 15) is 0 Å². The van der Waals surface area contributed by atoms with Crippen molar-refractivity contribution in [2.45, 2.75) is 30.3 Å². The number of fused-ring (bicyclic) bond motifs is 1. The molecule has 0 radical (unpaired) electrons. The van der Waals surface area contributed by atoms with Crippen LogP contribution in [0.15, 0.2) is 41.3 Å². The van der Waals surface area contributed by atoms with Crippen molar-refractivity contribution in [2.24, 2.45) is 0 Å². The van der Waals surface area contributed by atoms with Crippen LogP contribution in [0.3, 0.4) is 0 Å². The fourth-order valence-electron chi connectivity index (χ4n) is 2.01. The smallest absolute Gasteiger partial charge is 0.120 e. The van der Waals surface area contributed by atoms with E-state index in [0.29, 0.717) is 6.10 Å². The van der Waals surface area contributed by atoms with Gasteiger partial charge in [-0.2, -0.15) is 0 Å². The minimum atomic E-state index is 0.416. The zero-order valence-electron chi connectivity index (χ0n) is 9.43. The van der Waals surface area contributed by atoms with Crippen molar-refractivity contribution in [1.29, 1.82) is 0 Å². The van der Waals surface area contributed by atoms with Crippen molar-refractivity contribution in [3.05, 3.63) is 36.4 Å². The molecule has 0 unspecified atom stereocenters. The molecule has 2 aromatic carbocycles. The molecule has 1 aliphatic rings. The molecule has 88 valence electrons. The highest BCUT2D eigenvalue weighted by Crippen LogP contribution is 2.29. The maximum Gasteiger partial charge on any atom is 0.120 e. The van der Waals surface area contributed by atoms with Crippen LogP contribution in [0.4, 0.5) is 0 Å². The number of ether oxygens (including phenoxy) is 1. The Bertz CT molecular complexity index is 535. The summed E-state index contributed by atoms with van der Waals surface area (Å²) in [6.45, 7) is 0.